The van der Waals surface area contributed by atoms with Crippen molar-refractivity contribution in [1.29, 1.82) is 0 Å². The minimum Gasteiger partial charge on any atom is -0.469 e. The molecule has 2 N–H and O–H groups in total. The molecule has 0 aliphatic heterocycles. The molecule has 3 heterocycles. The lowest BCUT2D eigenvalue weighted by atomic mass is 10.2. The van der Waals surface area contributed by atoms with Gasteiger partial charge in [-0.2, -0.15) is 0 Å². The van der Waals surface area contributed by atoms with E-state index in [4.69, 9.17) is 14.6 Å². The van der Waals surface area contributed by atoms with Crippen LogP contribution in [0.3, 0.4) is 0 Å². The molecule has 0 fully saturated rings. The van der Waals surface area contributed by atoms with Gasteiger partial charge in [0, 0.05) is 5.39 Å². The van der Waals surface area contributed by atoms with Crippen molar-refractivity contribution < 1.29 is 8.83 Å². The molecular formula is C16H13N5O2S. The van der Waals surface area contributed by atoms with E-state index in [0.717, 1.165) is 22.2 Å². The highest BCUT2D eigenvalue weighted by Crippen LogP contribution is 2.28. The standard InChI is InChI=1S/C16H13N5O2S/c1-9-10(6-7-22-9)15-20-21-16(23-15)24-8-13-18-12-5-3-2-4-11(12)14(17)19-13/h2-7H,8H2,1H3,(H2,17,18,19). The van der Waals surface area contributed by atoms with Crippen LogP contribution in [-0.4, -0.2) is 20.2 Å². The number of para-hydroxylation sites is 1. The van der Waals surface area contributed by atoms with Crippen LogP contribution in [-0.2, 0) is 5.75 Å². The second-order valence-electron chi connectivity index (χ2n) is 5.09. The zero-order valence-electron chi connectivity index (χ0n) is 12.8. The normalized spacial score (nSPS) is 11.2. The summed E-state index contributed by atoms with van der Waals surface area (Å²) in [4.78, 5) is 8.83. The molecule has 0 aliphatic carbocycles. The number of furan rings is 1. The van der Waals surface area contributed by atoms with Crippen LogP contribution in [0.5, 0.6) is 0 Å². The number of anilines is 1. The van der Waals surface area contributed by atoms with Crippen molar-refractivity contribution in [3.8, 4) is 11.5 Å². The van der Waals surface area contributed by atoms with Crippen LogP contribution in [0.2, 0.25) is 0 Å². The summed E-state index contributed by atoms with van der Waals surface area (Å²) in [6, 6.07) is 9.44. The summed E-state index contributed by atoms with van der Waals surface area (Å²) in [5.74, 6) is 2.75. The molecule has 0 aliphatic rings. The van der Waals surface area contributed by atoms with E-state index in [1.54, 1.807) is 12.3 Å². The Morgan fingerprint density at radius 3 is 2.83 bits per heavy atom. The monoisotopic (exact) mass is 339 g/mol. The fraction of sp³-hybridized carbons (Fsp3) is 0.125. The van der Waals surface area contributed by atoms with E-state index in [2.05, 4.69) is 20.2 Å². The van der Waals surface area contributed by atoms with Crippen molar-refractivity contribution in [3.05, 3.63) is 48.2 Å². The molecular weight excluding hydrogens is 326 g/mol. The van der Waals surface area contributed by atoms with Crippen LogP contribution in [0.25, 0.3) is 22.4 Å². The van der Waals surface area contributed by atoms with Crippen molar-refractivity contribution in [1.82, 2.24) is 20.2 Å². The minimum absolute atomic E-state index is 0.433. The van der Waals surface area contributed by atoms with Crippen LogP contribution < -0.4 is 5.73 Å². The summed E-state index contributed by atoms with van der Waals surface area (Å²) < 4.78 is 10.9. The summed E-state index contributed by atoms with van der Waals surface area (Å²) in [7, 11) is 0. The molecule has 0 saturated carbocycles. The number of nitrogen functional groups attached to an aromatic ring is 1. The molecule has 4 aromatic rings. The predicted octanol–water partition coefficient (Wildman–Crippen LogP) is 3.46. The summed E-state index contributed by atoms with van der Waals surface area (Å²) >= 11 is 1.36. The fourth-order valence-electron chi connectivity index (χ4n) is 2.33. The van der Waals surface area contributed by atoms with Crippen molar-refractivity contribution in [2.75, 3.05) is 5.73 Å². The number of benzene rings is 1. The number of hydrogen-bond donors (Lipinski definition) is 1. The van der Waals surface area contributed by atoms with E-state index in [-0.39, 0.29) is 0 Å². The quantitative estimate of drug-likeness (QED) is 0.564. The van der Waals surface area contributed by atoms with Crippen LogP contribution in [0.1, 0.15) is 11.6 Å². The number of hydrogen-bond acceptors (Lipinski definition) is 8. The number of nitrogens with two attached hydrogens (primary N) is 1. The van der Waals surface area contributed by atoms with Gasteiger partial charge in [-0.3, -0.25) is 0 Å². The average molecular weight is 339 g/mol. The number of aromatic nitrogens is 4. The number of aryl methyl sites for hydroxylation is 1. The van der Waals surface area contributed by atoms with Gasteiger partial charge in [0.1, 0.15) is 17.4 Å². The molecule has 1 aromatic carbocycles. The highest BCUT2D eigenvalue weighted by molar-refractivity contribution is 7.98. The van der Waals surface area contributed by atoms with Crippen molar-refractivity contribution in [2.24, 2.45) is 0 Å². The molecule has 0 unspecified atom stereocenters. The Kier molecular flexibility index (Phi) is 3.66. The first-order valence-electron chi connectivity index (χ1n) is 7.22. The van der Waals surface area contributed by atoms with Crippen molar-refractivity contribution >= 4 is 28.5 Å². The molecule has 0 atom stereocenters. The number of thioether (sulfide) groups is 1. The zero-order valence-corrected chi connectivity index (χ0v) is 13.6. The molecule has 24 heavy (non-hydrogen) atoms. The maximum Gasteiger partial charge on any atom is 0.277 e. The van der Waals surface area contributed by atoms with E-state index < -0.39 is 0 Å². The van der Waals surface area contributed by atoms with Crippen LogP contribution in [0.15, 0.2) is 50.7 Å². The molecule has 0 spiro atoms. The van der Waals surface area contributed by atoms with Gasteiger partial charge < -0.3 is 14.6 Å². The number of nitrogens with zero attached hydrogens (tertiary/aromatic N) is 4. The first-order valence-corrected chi connectivity index (χ1v) is 8.21. The molecule has 0 bridgehead atoms. The van der Waals surface area contributed by atoms with Gasteiger partial charge >= 0.3 is 0 Å². The third kappa shape index (κ3) is 2.71. The van der Waals surface area contributed by atoms with Crippen LogP contribution in [0, 0.1) is 6.92 Å². The highest BCUT2D eigenvalue weighted by Gasteiger charge is 2.14. The van der Waals surface area contributed by atoms with Crippen molar-refractivity contribution in [2.45, 2.75) is 17.9 Å². The first-order chi connectivity index (χ1) is 11.7. The molecule has 0 amide bonds. The number of fused-ring (bicyclic) bond motifs is 1. The predicted molar refractivity (Wildman–Crippen MR) is 90.2 cm³/mol. The Morgan fingerprint density at radius 2 is 2.00 bits per heavy atom. The maximum atomic E-state index is 5.99. The van der Waals surface area contributed by atoms with Gasteiger partial charge in [0.15, 0.2) is 0 Å². The van der Waals surface area contributed by atoms with Gasteiger partial charge in [-0.1, -0.05) is 23.9 Å². The van der Waals surface area contributed by atoms with Crippen LogP contribution in [0.4, 0.5) is 5.82 Å². The summed E-state index contributed by atoms with van der Waals surface area (Å²) in [6.07, 6.45) is 1.59. The third-order valence-electron chi connectivity index (χ3n) is 3.50. The molecule has 3 aromatic heterocycles. The lowest BCUT2D eigenvalue weighted by Crippen LogP contribution is -1.99. The van der Waals surface area contributed by atoms with Gasteiger partial charge in [-0.15, -0.1) is 10.2 Å². The Morgan fingerprint density at radius 1 is 1.12 bits per heavy atom. The lowest BCUT2D eigenvalue weighted by Gasteiger charge is -2.03. The Balaban J connectivity index is 1.53. The smallest absolute Gasteiger partial charge is 0.277 e. The van der Waals surface area contributed by atoms with Gasteiger partial charge in [-0.05, 0) is 25.1 Å². The Bertz CT molecular complexity index is 1010. The van der Waals surface area contributed by atoms with Crippen molar-refractivity contribution in [3.63, 3.8) is 0 Å². The second-order valence-corrected chi connectivity index (χ2v) is 6.02. The summed E-state index contributed by atoms with van der Waals surface area (Å²) in [5, 5.41) is 9.36. The SMILES string of the molecule is Cc1occc1-c1nnc(SCc2nc(N)c3ccccc3n2)o1. The Labute approximate surface area is 141 Å². The highest BCUT2D eigenvalue weighted by atomic mass is 32.2. The molecule has 0 radical (unpaired) electrons. The molecule has 4 rings (SSSR count). The molecule has 120 valence electrons. The largest absolute Gasteiger partial charge is 0.469 e. The van der Waals surface area contributed by atoms with E-state index in [1.165, 1.54) is 11.8 Å². The van der Waals surface area contributed by atoms with E-state index in [0.29, 0.717) is 28.5 Å². The number of rotatable bonds is 4. The molecule has 0 saturated heterocycles. The topological polar surface area (TPSA) is 104 Å². The fourth-order valence-corrected chi connectivity index (χ4v) is 2.94. The van der Waals surface area contributed by atoms with Gasteiger partial charge in [0.05, 0.1) is 23.1 Å². The average Bonchev–Trinajstić information content (AvgIpc) is 3.21. The summed E-state index contributed by atoms with van der Waals surface area (Å²) in [6.45, 7) is 1.85. The van der Waals surface area contributed by atoms with E-state index >= 15 is 0 Å². The first kappa shape index (κ1) is 14.7. The van der Waals surface area contributed by atoms with Gasteiger partial charge in [0.25, 0.3) is 11.1 Å². The van der Waals surface area contributed by atoms with Gasteiger partial charge in [0.2, 0.25) is 0 Å². The van der Waals surface area contributed by atoms with E-state index in [1.807, 2.05) is 31.2 Å². The lowest BCUT2D eigenvalue weighted by molar-refractivity contribution is 0.463. The van der Waals surface area contributed by atoms with Gasteiger partial charge in [-0.25, -0.2) is 9.97 Å². The summed E-state index contributed by atoms with van der Waals surface area (Å²) in [5.41, 5.74) is 7.60. The van der Waals surface area contributed by atoms with E-state index in [9.17, 15) is 0 Å². The third-order valence-corrected chi connectivity index (χ3v) is 4.31. The maximum absolute atomic E-state index is 5.99. The molecule has 7 nitrogen and oxygen atoms in total. The zero-order chi connectivity index (χ0) is 16.5. The van der Waals surface area contributed by atoms with Crippen LogP contribution >= 0.6 is 11.8 Å². The minimum atomic E-state index is 0.433. The molecule has 8 heteroatoms. The Hall–Kier alpha value is -2.87. The second kappa shape index (κ2) is 5.97.